The molecule has 0 aromatic carbocycles. The molecule has 2 aromatic rings. The molecule has 3 heterocycles. The third kappa shape index (κ3) is 4.72. The van der Waals surface area contributed by atoms with Crippen LogP contribution in [0.4, 0.5) is 4.79 Å². The summed E-state index contributed by atoms with van der Waals surface area (Å²) < 4.78 is 13.1. The number of nitrogens with one attached hydrogen (secondary N) is 2. The largest absolute Gasteiger partial charge is 0.491 e. The van der Waals surface area contributed by atoms with Crippen molar-refractivity contribution in [3.8, 4) is 5.75 Å². The van der Waals surface area contributed by atoms with E-state index in [1.165, 1.54) is 0 Å². The van der Waals surface area contributed by atoms with Crippen LogP contribution in [0.15, 0.2) is 31.0 Å². The van der Waals surface area contributed by atoms with Gasteiger partial charge >= 0.3 is 6.03 Å². The summed E-state index contributed by atoms with van der Waals surface area (Å²) in [6, 6.07) is 1.47. The molecular formula is C18H25N5O3. The number of carbonyl (C=O) groups is 1. The molecule has 2 aromatic heterocycles. The van der Waals surface area contributed by atoms with Crippen LogP contribution in [0.2, 0.25) is 0 Å². The van der Waals surface area contributed by atoms with Gasteiger partial charge in [-0.25, -0.2) is 9.78 Å². The molecule has 0 aliphatic carbocycles. The number of ether oxygens (including phenoxy) is 2. The van der Waals surface area contributed by atoms with Gasteiger partial charge in [0.2, 0.25) is 0 Å². The minimum atomic E-state index is -0.245. The van der Waals surface area contributed by atoms with Gasteiger partial charge in [0, 0.05) is 37.9 Å². The Hall–Kier alpha value is -2.61. The van der Waals surface area contributed by atoms with Gasteiger partial charge in [0.1, 0.15) is 5.75 Å². The second-order valence-electron chi connectivity index (χ2n) is 6.50. The molecule has 1 aliphatic heterocycles. The summed E-state index contributed by atoms with van der Waals surface area (Å²) in [4.78, 5) is 20.4. The van der Waals surface area contributed by atoms with Crippen molar-refractivity contribution in [2.24, 2.45) is 13.0 Å². The lowest BCUT2D eigenvalue weighted by molar-refractivity contribution is 0.166. The highest BCUT2D eigenvalue weighted by Crippen LogP contribution is 2.19. The Morgan fingerprint density at radius 3 is 3.08 bits per heavy atom. The average molecular weight is 359 g/mol. The van der Waals surface area contributed by atoms with Crippen molar-refractivity contribution in [2.45, 2.75) is 25.9 Å². The van der Waals surface area contributed by atoms with Gasteiger partial charge in [-0.15, -0.1) is 0 Å². The Bertz CT molecular complexity index is 727. The lowest BCUT2D eigenvalue weighted by Gasteiger charge is -2.16. The molecule has 0 radical (unpaired) electrons. The van der Waals surface area contributed by atoms with Crippen LogP contribution in [0, 0.1) is 5.92 Å². The molecule has 2 amide bonds. The number of urea groups is 1. The number of nitrogens with zero attached hydrogens (tertiary/aromatic N) is 3. The molecule has 2 atom stereocenters. The molecular weight excluding hydrogens is 334 g/mol. The number of carbonyl (C=O) groups excluding carboxylic acids is 1. The minimum Gasteiger partial charge on any atom is -0.491 e. The van der Waals surface area contributed by atoms with Gasteiger partial charge in [-0.1, -0.05) is 0 Å². The topological polar surface area (TPSA) is 90.3 Å². The Labute approximate surface area is 152 Å². The predicted octanol–water partition coefficient (Wildman–Crippen LogP) is 1.79. The first kappa shape index (κ1) is 18.2. The molecule has 0 bridgehead atoms. The standard InChI is InChI=1S/C18H25N5O3/c1-13(16-8-20-12-23(16)2)22-18(24)21-7-15-3-5-19-9-17(15)26-11-14-4-6-25-10-14/h3,5,8-9,12-14H,4,6-7,10-11H2,1-2H3,(H2,21,22,24). The van der Waals surface area contributed by atoms with Crippen LogP contribution in [-0.4, -0.2) is 40.4 Å². The van der Waals surface area contributed by atoms with E-state index in [2.05, 4.69) is 20.6 Å². The highest BCUT2D eigenvalue weighted by molar-refractivity contribution is 5.74. The van der Waals surface area contributed by atoms with E-state index in [0.29, 0.717) is 24.8 Å². The molecule has 2 N–H and O–H groups in total. The van der Waals surface area contributed by atoms with E-state index >= 15 is 0 Å². The maximum atomic E-state index is 12.2. The SMILES string of the molecule is CC(NC(=O)NCc1ccncc1OCC1CCOC1)c1cncn1C. The van der Waals surface area contributed by atoms with Crippen LogP contribution in [0.25, 0.3) is 0 Å². The fourth-order valence-corrected chi connectivity index (χ4v) is 2.89. The molecule has 3 rings (SSSR count). The van der Waals surface area contributed by atoms with Crippen LogP contribution >= 0.6 is 0 Å². The summed E-state index contributed by atoms with van der Waals surface area (Å²) in [5.41, 5.74) is 1.83. The molecule has 26 heavy (non-hydrogen) atoms. The maximum absolute atomic E-state index is 12.2. The van der Waals surface area contributed by atoms with Crippen LogP contribution in [0.1, 0.15) is 30.6 Å². The van der Waals surface area contributed by atoms with E-state index in [9.17, 15) is 4.79 Å². The molecule has 1 saturated heterocycles. The number of rotatable bonds is 7. The number of imidazole rings is 1. The van der Waals surface area contributed by atoms with Gasteiger partial charge in [-0.2, -0.15) is 0 Å². The zero-order valence-electron chi connectivity index (χ0n) is 15.1. The number of hydrogen-bond acceptors (Lipinski definition) is 5. The second-order valence-corrected chi connectivity index (χ2v) is 6.50. The molecule has 8 heteroatoms. The summed E-state index contributed by atoms with van der Waals surface area (Å²) in [6.45, 7) is 4.42. The van der Waals surface area contributed by atoms with E-state index in [4.69, 9.17) is 9.47 Å². The molecule has 1 fully saturated rings. The monoisotopic (exact) mass is 359 g/mol. The molecule has 140 valence electrons. The van der Waals surface area contributed by atoms with Gasteiger partial charge in [-0.05, 0) is 19.4 Å². The summed E-state index contributed by atoms with van der Waals surface area (Å²) in [5.74, 6) is 1.11. The molecule has 8 nitrogen and oxygen atoms in total. The third-order valence-electron chi connectivity index (χ3n) is 4.45. The third-order valence-corrected chi connectivity index (χ3v) is 4.45. The maximum Gasteiger partial charge on any atom is 0.315 e. The lowest BCUT2D eigenvalue weighted by Crippen LogP contribution is -2.37. The van der Waals surface area contributed by atoms with Crippen molar-refractivity contribution in [3.63, 3.8) is 0 Å². The Kier molecular flexibility index (Phi) is 6.06. The van der Waals surface area contributed by atoms with Gasteiger partial charge < -0.3 is 24.7 Å². The lowest BCUT2D eigenvalue weighted by atomic mass is 10.1. The van der Waals surface area contributed by atoms with Crippen molar-refractivity contribution < 1.29 is 14.3 Å². The Morgan fingerprint density at radius 2 is 2.35 bits per heavy atom. The van der Waals surface area contributed by atoms with Gasteiger partial charge in [-0.3, -0.25) is 4.98 Å². The number of aromatic nitrogens is 3. The van der Waals surface area contributed by atoms with Crippen molar-refractivity contribution in [1.29, 1.82) is 0 Å². The summed E-state index contributed by atoms with van der Waals surface area (Å²) >= 11 is 0. The summed E-state index contributed by atoms with van der Waals surface area (Å²) in [7, 11) is 1.90. The van der Waals surface area contributed by atoms with Crippen molar-refractivity contribution in [1.82, 2.24) is 25.2 Å². The summed E-state index contributed by atoms with van der Waals surface area (Å²) in [5, 5.41) is 5.77. The number of aryl methyl sites for hydroxylation is 1. The van der Waals surface area contributed by atoms with Crippen molar-refractivity contribution >= 4 is 6.03 Å². The van der Waals surface area contributed by atoms with Crippen molar-refractivity contribution in [2.75, 3.05) is 19.8 Å². The zero-order valence-corrected chi connectivity index (χ0v) is 15.1. The first-order chi connectivity index (χ1) is 12.6. The number of hydrogen-bond donors (Lipinski definition) is 2. The van der Waals surface area contributed by atoms with Gasteiger partial charge in [0.25, 0.3) is 0 Å². The van der Waals surface area contributed by atoms with Crippen LogP contribution in [-0.2, 0) is 18.3 Å². The van der Waals surface area contributed by atoms with Crippen LogP contribution < -0.4 is 15.4 Å². The minimum absolute atomic E-state index is 0.141. The highest BCUT2D eigenvalue weighted by Gasteiger charge is 2.17. The molecule has 2 unspecified atom stereocenters. The van der Waals surface area contributed by atoms with E-state index in [-0.39, 0.29) is 12.1 Å². The fraction of sp³-hybridized carbons (Fsp3) is 0.500. The van der Waals surface area contributed by atoms with Crippen molar-refractivity contribution in [3.05, 3.63) is 42.2 Å². The van der Waals surface area contributed by atoms with Crippen LogP contribution in [0.3, 0.4) is 0 Å². The Morgan fingerprint density at radius 1 is 1.46 bits per heavy atom. The average Bonchev–Trinajstić information content (AvgIpc) is 3.30. The number of pyridine rings is 1. The fourth-order valence-electron chi connectivity index (χ4n) is 2.89. The quantitative estimate of drug-likeness (QED) is 0.787. The van der Waals surface area contributed by atoms with E-state index in [1.807, 2.05) is 24.6 Å². The molecule has 0 spiro atoms. The second kappa shape index (κ2) is 8.66. The normalized spacial score (nSPS) is 17.7. The first-order valence-electron chi connectivity index (χ1n) is 8.77. The highest BCUT2D eigenvalue weighted by atomic mass is 16.5. The molecule has 1 aliphatic rings. The first-order valence-corrected chi connectivity index (χ1v) is 8.77. The number of amides is 2. The van der Waals surface area contributed by atoms with Gasteiger partial charge in [0.15, 0.2) is 0 Å². The van der Waals surface area contributed by atoms with E-state index in [1.54, 1.807) is 24.9 Å². The van der Waals surface area contributed by atoms with E-state index in [0.717, 1.165) is 30.9 Å². The smallest absolute Gasteiger partial charge is 0.315 e. The Balaban J connectivity index is 1.50. The van der Waals surface area contributed by atoms with E-state index < -0.39 is 0 Å². The summed E-state index contributed by atoms with van der Waals surface area (Å²) in [6.07, 6.45) is 7.84. The predicted molar refractivity (Wildman–Crippen MR) is 95.7 cm³/mol. The zero-order chi connectivity index (χ0) is 18.4. The van der Waals surface area contributed by atoms with Gasteiger partial charge in [0.05, 0.1) is 43.7 Å². The molecule has 0 saturated carbocycles. The van der Waals surface area contributed by atoms with Crippen LogP contribution in [0.5, 0.6) is 5.75 Å².